The molecule has 0 fully saturated rings. The second-order valence-electron chi connectivity index (χ2n) is 3.63. The third-order valence-corrected chi connectivity index (χ3v) is 4.06. The summed E-state index contributed by atoms with van der Waals surface area (Å²) in [5.74, 6) is 0.0687. The number of sulfone groups is 1. The predicted molar refractivity (Wildman–Crippen MR) is 64.3 cm³/mol. The number of aliphatic hydroxyl groups is 1. The topological polar surface area (TPSA) is 66.4 Å². The van der Waals surface area contributed by atoms with Gasteiger partial charge in [0.1, 0.15) is 0 Å². The highest BCUT2D eigenvalue weighted by Gasteiger charge is 2.16. The SMILES string of the molecule is CCS(=O)(=O)c1ccccc1NC(C)CO. The first kappa shape index (κ1) is 13.0. The van der Waals surface area contributed by atoms with Gasteiger partial charge in [0.2, 0.25) is 0 Å². The van der Waals surface area contributed by atoms with Crippen LogP contribution >= 0.6 is 0 Å². The van der Waals surface area contributed by atoms with Crippen molar-refractivity contribution >= 4 is 15.5 Å². The van der Waals surface area contributed by atoms with Crippen LogP contribution < -0.4 is 5.32 Å². The maximum Gasteiger partial charge on any atom is 0.180 e. The van der Waals surface area contributed by atoms with Crippen LogP contribution in [-0.4, -0.2) is 31.9 Å². The first-order valence-electron chi connectivity index (χ1n) is 5.20. The van der Waals surface area contributed by atoms with Crippen LogP contribution in [0, 0.1) is 0 Å². The van der Waals surface area contributed by atoms with Crippen molar-refractivity contribution in [3.8, 4) is 0 Å². The van der Waals surface area contributed by atoms with Crippen LogP contribution in [0.2, 0.25) is 0 Å². The van der Waals surface area contributed by atoms with E-state index in [1.807, 2.05) is 0 Å². The Hall–Kier alpha value is -1.07. The normalized spacial score (nSPS) is 13.4. The molecule has 4 nitrogen and oxygen atoms in total. The Morgan fingerprint density at radius 1 is 1.38 bits per heavy atom. The van der Waals surface area contributed by atoms with Gasteiger partial charge in [0, 0.05) is 6.04 Å². The molecule has 0 bridgehead atoms. The first-order chi connectivity index (χ1) is 7.51. The number of para-hydroxylation sites is 1. The number of anilines is 1. The first-order valence-corrected chi connectivity index (χ1v) is 6.85. The fourth-order valence-electron chi connectivity index (χ4n) is 1.32. The van der Waals surface area contributed by atoms with Crippen LogP contribution in [-0.2, 0) is 9.84 Å². The van der Waals surface area contributed by atoms with E-state index in [0.717, 1.165) is 0 Å². The van der Waals surface area contributed by atoms with E-state index in [0.29, 0.717) is 5.69 Å². The van der Waals surface area contributed by atoms with Crippen LogP contribution in [0.4, 0.5) is 5.69 Å². The third-order valence-electron chi connectivity index (χ3n) is 2.28. The van der Waals surface area contributed by atoms with E-state index in [2.05, 4.69) is 5.32 Å². The molecule has 0 aliphatic rings. The molecule has 2 N–H and O–H groups in total. The van der Waals surface area contributed by atoms with Crippen LogP contribution in [0.3, 0.4) is 0 Å². The van der Waals surface area contributed by atoms with Gasteiger partial charge in [0.25, 0.3) is 0 Å². The zero-order valence-electron chi connectivity index (χ0n) is 9.47. The molecule has 0 heterocycles. The third kappa shape index (κ3) is 2.96. The van der Waals surface area contributed by atoms with E-state index >= 15 is 0 Å². The number of benzene rings is 1. The smallest absolute Gasteiger partial charge is 0.180 e. The molecule has 1 aromatic rings. The summed E-state index contributed by atoms with van der Waals surface area (Å²) in [5, 5.41) is 11.9. The Bertz CT molecular complexity index is 442. The van der Waals surface area contributed by atoms with Crippen molar-refractivity contribution in [2.75, 3.05) is 17.7 Å². The molecule has 1 unspecified atom stereocenters. The summed E-state index contributed by atoms with van der Waals surface area (Å²) in [5.41, 5.74) is 0.547. The van der Waals surface area contributed by atoms with Gasteiger partial charge >= 0.3 is 0 Å². The van der Waals surface area contributed by atoms with Crippen LogP contribution in [0.25, 0.3) is 0 Å². The summed E-state index contributed by atoms with van der Waals surface area (Å²) in [6.07, 6.45) is 0. The average molecular weight is 243 g/mol. The summed E-state index contributed by atoms with van der Waals surface area (Å²) >= 11 is 0. The number of rotatable bonds is 5. The van der Waals surface area contributed by atoms with E-state index in [1.165, 1.54) is 0 Å². The van der Waals surface area contributed by atoms with Gasteiger partial charge in [0.05, 0.1) is 22.9 Å². The Morgan fingerprint density at radius 2 is 2.00 bits per heavy atom. The molecule has 1 rings (SSSR count). The molecule has 90 valence electrons. The molecule has 0 spiro atoms. The van der Waals surface area contributed by atoms with Crippen molar-refractivity contribution in [1.82, 2.24) is 0 Å². The van der Waals surface area contributed by atoms with E-state index in [-0.39, 0.29) is 23.3 Å². The van der Waals surface area contributed by atoms with Crippen molar-refractivity contribution in [3.63, 3.8) is 0 Å². The Morgan fingerprint density at radius 3 is 2.56 bits per heavy atom. The number of hydrogen-bond donors (Lipinski definition) is 2. The summed E-state index contributed by atoms with van der Waals surface area (Å²) in [6, 6.07) is 6.56. The molecule has 0 aliphatic carbocycles. The Balaban J connectivity index is 3.11. The molecule has 0 saturated carbocycles. The zero-order valence-corrected chi connectivity index (χ0v) is 10.3. The average Bonchev–Trinajstić information content (AvgIpc) is 2.29. The minimum absolute atomic E-state index is 0.0412. The second-order valence-corrected chi connectivity index (χ2v) is 5.87. The molecular formula is C11H17NO3S. The van der Waals surface area contributed by atoms with Crippen LogP contribution in [0.1, 0.15) is 13.8 Å². The minimum Gasteiger partial charge on any atom is -0.394 e. The van der Waals surface area contributed by atoms with Crippen molar-refractivity contribution < 1.29 is 13.5 Å². The minimum atomic E-state index is -3.23. The van der Waals surface area contributed by atoms with Crippen molar-refractivity contribution in [1.29, 1.82) is 0 Å². The summed E-state index contributed by atoms with van der Waals surface area (Å²) in [4.78, 5) is 0.290. The van der Waals surface area contributed by atoms with Gasteiger partial charge in [-0.05, 0) is 19.1 Å². The van der Waals surface area contributed by atoms with Gasteiger partial charge in [0.15, 0.2) is 9.84 Å². The van der Waals surface area contributed by atoms with Crippen LogP contribution in [0.5, 0.6) is 0 Å². The number of hydrogen-bond acceptors (Lipinski definition) is 4. The molecule has 0 aromatic heterocycles. The lowest BCUT2D eigenvalue weighted by atomic mass is 10.3. The van der Waals surface area contributed by atoms with Gasteiger partial charge in [-0.3, -0.25) is 0 Å². The van der Waals surface area contributed by atoms with Crippen molar-refractivity contribution in [2.45, 2.75) is 24.8 Å². The van der Waals surface area contributed by atoms with E-state index in [4.69, 9.17) is 5.11 Å². The zero-order chi connectivity index (χ0) is 12.2. The van der Waals surface area contributed by atoms with E-state index in [1.54, 1.807) is 38.1 Å². The highest BCUT2D eigenvalue weighted by atomic mass is 32.2. The molecule has 0 amide bonds. The van der Waals surface area contributed by atoms with Crippen molar-refractivity contribution in [3.05, 3.63) is 24.3 Å². The molecule has 0 saturated heterocycles. The number of nitrogens with one attached hydrogen (secondary N) is 1. The molecule has 1 atom stereocenters. The monoisotopic (exact) mass is 243 g/mol. The molecule has 16 heavy (non-hydrogen) atoms. The molecule has 0 radical (unpaired) electrons. The van der Waals surface area contributed by atoms with Crippen LogP contribution in [0.15, 0.2) is 29.2 Å². The lowest BCUT2D eigenvalue weighted by Crippen LogP contribution is -2.21. The summed E-state index contributed by atoms with van der Waals surface area (Å²) in [7, 11) is -3.23. The van der Waals surface area contributed by atoms with Gasteiger partial charge in [-0.25, -0.2) is 8.42 Å². The van der Waals surface area contributed by atoms with Crippen molar-refractivity contribution in [2.24, 2.45) is 0 Å². The largest absolute Gasteiger partial charge is 0.394 e. The van der Waals surface area contributed by atoms with E-state index < -0.39 is 9.84 Å². The summed E-state index contributed by atoms with van der Waals surface area (Å²) in [6.45, 7) is 3.36. The quantitative estimate of drug-likeness (QED) is 0.817. The van der Waals surface area contributed by atoms with E-state index in [9.17, 15) is 8.42 Å². The fraction of sp³-hybridized carbons (Fsp3) is 0.455. The molecule has 0 aliphatic heterocycles. The van der Waals surface area contributed by atoms with Gasteiger partial charge in [-0.2, -0.15) is 0 Å². The highest BCUT2D eigenvalue weighted by molar-refractivity contribution is 7.91. The molecule has 1 aromatic carbocycles. The van der Waals surface area contributed by atoms with Gasteiger partial charge in [-0.15, -0.1) is 0 Å². The maximum atomic E-state index is 11.8. The fourth-order valence-corrected chi connectivity index (χ4v) is 2.38. The lowest BCUT2D eigenvalue weighted by Gasteiger charge is -2.15. The second kappa shape index (κ2) is 5.32. The standard InChI is InChI=1S/C11H17NO3S/c1-3-16(14,15)11-7-5-4-6-10(11)12-9(2)8-13/h4-7,9,12-13H,3,8H2,1-2H3. The summed E-state index contributed by atoms with van der Waals surface area (Å²) < 4.78 is 23.6. The van der Waals surface area contributed by atoms with Gasteiger partial charge < -0.3 is 10.4 Å². The Kier molecular flexibility index (Phi) is 4.32. The molecule has 5 heteroatoms. The predicted octanol–water partition coefficient (Wildman–Crippen LogP) is 1.27. The van der Waals surface area contributed by atoms with Gasteiger partial charge in [-0.1, -0.05) is 19.1 Å². The highest BCUT2D eigenvalue weighted by Crippen LogP contribution is 2.22. The Labute approximate surface area is 96.2 Å². The number of aliphatic hydroxyl groups excluding tert-OH is 1. The molecular weight excluding hydrogens is 226 g/mol. The maximum absolute atomic E-state index is 11.8. The lowest BCUT2D eigenvalue weighted by molar-refractivity contribution is 0.281.